The topological polar surface area (TPSA) is 94.1 Å². The van der Waals surface area contributed by atoms with Gasteiger partial charge in [-0.3, -0.25) is 9.59 Å². The van der Waals surface area contributed by atoms with Crippen molar-refractivity contribution in [2.24, 2.45) is 0 Å². The number of rotatable bonds is 5. The second kappa shape index (κ2) is 8.86. The number of nitrogens with one attached hydrogen (secondary N) is 1. The lowest BCUT2D eigenvalue weighted by molar-refractivity contribution is -0.122. The molecule has 0 radical (unpaired) electrons. The number of carbonyl (C=O) groups excluding carboxylic acids is 2. The van der Waals surface area contributed by atoms with Gasteiger partial charge >= 0.3 is 0 Å². The SMILES string of the molecule is COc1ccc(OC)c([C@H]2CC(=O)C3=C(C2)NC(=O)C[C@@H]3c2cc(Br)c(O)c(OC)c2)c1. The van der Waals surface area contributed by atoms with Crippen LogP contribution in [0.2, 0.25) is 0 Å². The number of allylic oxidation sites excluding steroid dienone is 2. The van der Waals surface area contributed by atoms with Gasteiger partial charge in [0, 0.05) is 41.5 Å². The number of amides is 1. The van der Waals surface area contributed by atoms with Gasteiger partial charge in [-0.1, -0.05) is 0 Å². The molecule has 2 aromatic rings. The lowest BCUT2D eigenvalue weighted by Gasteiger charge is -2.35. The van der Waals surface area contributed by atoms with E-state index < -0.39 is 5.92 Å². The third kappa shape index (κ3) is 3.95. The Morgan fingerprint density at radius 1 is 0.969 bits per heavy atom. The van der Waals surface area contributed by atoms with Crippen LogP contribution in [-0.2, 0) is 9.59 Å². The van der Waals surface area contributed by atoms with Crippen molar-refractivity contribution in [2.75, 3.05) is 21.3 Å². The van der Waals surface area contributed by atoms with Crippen LogP contribution in [-0.4, -0.2) is 38.1 Å². The Bertz CT molecular complexity index is 1130. The number of benzene rings is 2. The smallest absolute Gasteiger partial charge is 0.225 e. The average molecular weight is 502 g/mol. The van der Waals surface area contributed by atoms with E-state index in [9.17, 15) is 14.7 Å². The molecule has 0 fully saturated rings. The van der Waals surface area contributed by atoms with Gasteiger partial charge in [0.25, 0.3) is 0 Å². The summed E-state index contributed by atoms with van der Waals surface area (Å²) in [4.78, 5) is 26.0. The fourth-order valence-electron chi connectivity index (χ4n) is 4.57. The van der Waals surface area contributed by atoms with Crippen molar-refractivity contribution < 1.29 is 28.9 Å². The molecule has 1 heterocycles. The zero-order chi connectivity index (χ0) is 23.0. The Kier molecular flexibility index (Phi) is 6.15. The van der Waals surface area contributed by atoms with Gasteiger partial charge in [0.15, 0.2) is 17.3 Å². The molecule has 0 aromatic heterocycles. The van der Waals surface area contributed by atoms with Crippen LogP contribution in [0.4, 0.5) is 0 Å². The van der Waals surface area contributed by atoms with Crippen LogP contribution < -0.4 is 19.5 Å². The predicted octanol–water partition coefficient (Wildman–Crippen LogP) is 4.18. The molecule has 0 bridgehead atoms. The number of Topliss-reactive ketones (excluding diaryl/α,β-unsaturated/α-hetero) is 1. The summed E-state index contributed by atoms with van der Waals surface area (Å²) in [5, 5.41) is 13.1. The normalized spacial score (nSPS) is 20.5. The van der Waals surface area contributed by atoms with Crippen molar-refractivity contribution in [2.45, 2.75) is 31.1 Å². The number of phenols is 1. The van der Waals surface area contributed by atoms with Gasteiger partial charge in [-0.2, -0.15) is 0 Å². The van der Waals surface area contributed by atoms with Gasteiger partial charge in [0.2, 0.25) is 5.91 Å². The average Bonchev–Trinajstić information content (AvgIpc) is 2.79. The van der Waals surface area contributed by atoms with Crippen LogP contribution in [0.25, 0.3) is 0 Å². The molecule has 2 atom stereocenters. The number of carbonyl (C=O) groups is 2. The van der Waals surface area contributed by atoms with E-state index in [1.807, 2.05) is 18.2 Å². The van der Waals surface area contributed by atoms with E-state index in [4.69, 9.17) is 14.2 Å². The Labute approximate surface area is 194 Å². The zero-order valence-electron chi connectivity index (χ0n) is 18.0. The molecule has 168 valence electrons. The van der Waals surface area contributed by atoms with E-state index in [0.717, 1.165) is 11.1 Å². The number of halogens is 1. The molecule has 2 aliphatic rings. The molecule has 7 nitrogen and oxygen atoms in total. The number of ketones is 1. The maximum absolute atomic E-state index is 13.4. The largest absolute Gasteiger partial charge is 0.503 e. The molecule has 0 saturated heterocycles. The third-order valence-corrected chi connectivity index (χ3v) is 6.69. The van der Waals surface area contributed by atoms with E-state index in [2.05, 4.69) is 21.2 Å². The van der Waals surface area contributed by atoms with Gasteiger partial charge in [0.1, 0.15) is 11.5 Å². The molecule has 2 aromatic carbocycles. The Morgan fingerprint density at radius 3 is 2.41 bits per heavy atom. The minimum atomic E-state index is -0.412. The third-order valence-electron chi connectivity index (χ3n) is 6.09. The van der Waals surface area contributed by atoms with Crippen LogP contribution in [0.15, 0.2) is 46.1 Å². The highest BCUT2D eigenvalue weighted by Crippen LogP contribution is 2.47. The molecular formula is C24H24BrNO6. The zero-order valence-corrected chi connectivity index (χ0v) is 19.6. The molecule has 8 heteroatoms. The lowest BCUT2D eigenvalue weighted by Crippen LogP contribution is -2.38. The second-order valence-corrected chi connectivity index (χ2v) is 8.74. The number of methoxy groups -OCH3 is 3. The van der Waals surface area contributed by atoms with Gasteiger partial charge < -0.3 is 24.6 Å². The van der Waals surface area contributed by atoms with Crippen molar-refractivity contribution in [3.05, 3.63) is 57.2 Å². The van der Waals surface area contributed by atoms with E-state index in [0.29, 0.717) is 40.1 Å². The Hall–Kier alpha value is -3.00. The van der Waals surface area contributed by atoms with Crippen LogP contribution in [0, 0.1) is 0 Å². The Morgan fingerprint density at radius 2 is 1.72 bits per heavy atom. The van der Waals surface area contributed by atoms with Crippen LogP contribution in [0.5, 0.6) is 23.0 Å². The molecule has 1 aliphatic carbocycles. The summed E-state index contributed by atoms with van der Waals surface area (Å²) in [7, 11) is 4.64. The maximum Gasteiger partial charge on any atom is 0.225 e. The van der Waals surface area contributed by atoms with Crippen molar-refractivity contribution in [3.8, 4) is 23.0 Å². The quantitative estimate of drug-likeness (QED) is 0.637. The summed E-state index contributed by atoms with van der Waals surface area (Å²) in [5.74, 6) is 0.891. The first kappa shape index (κ1) is 22.2. The highest BCUT2D eigenvalue weighted by Gasteiger charge is 2.39. The fourth-order valence-corrected chi connectivity index (χ4v) is 5.03. The van der Waals surface area contributed by atoms with Gasteiger partial charge in [0.05, 0.1) is 25.8 Å². The molecular weight excluding hydrogens is 478 g/mol. The molecule has 0 unspecified atom stereocenters. The minimum absolute atomic E-state index is 0.0192. The highest BCUT2D eigenvalue weighted by molar-refractivity contribution is 9.10. The van der Waals surface area contributed by atoms with Crippen LogP contribution in [0.3, 0.4) is 0 Å². The van der Waals surface area contributed by atoms with Gasteiger partial charge in [-0.15, -0.1) is 0 Å². The minimum Gasteiger partial charge on any atom is -0.503 e. The molecule has 0 saturated carbocycles. The van der Waals surface area contributed by atoms with E-state index in [-0.39, 0.29) is 35.5 Å². The van der Waals surface area contributed by atoms with Crippen molar-refractivity contribution in [1.82, 2.24) is 5.32 Å². The van der Waals surface area contributed by atoms with Gasteiger partial charge in [-0.25, -0.2) is 0 Å². The second-order valence-electron chi connectivity index (χ2n) is 7.89. The van der Waals surface area contributed by atoms with Crippen molar-refractivity contribution in [1.29, 1.82) is 0 Å². The maximum atomic E-state index is 13.4. The van der Waals surface area contributed by atoms with Gasteiger partial charge in [-0.05, 0) is 58.2 Å². The first-order chi connectivity index (χ1) is 15.4. The van der Waals surface area contributed by atoms with Crippen molar-refractivity contribution in [3.63, 3.8) is 0 Å². The first-order valence-corrected chi connectivity index (χ1v) is 11.0. The van der Waals surface area contributed by atoms with Crippen LogP contribution >= 0.6 is 15.9 Å². The van der Waals surface area contributed by atoms with E-state index >= 15 is 0 Å². The number of ether oxygens (including phenoxy) is 3. The van der Waals surface area contributed by atoms with E-state index in [1.54, 1.807) is 26.4 Å². The molecule has 0 spiro atoms. The first-order valence-electron chi connectivity index (χ1n) is 10.2. The molecule has 4 rings (SSSR count). The number of hydrogen-bond donors (Lipinski definition) is 2. The lowest BCUT2D eigenvalue weighted by atomic mass is 9.73. The molecule has 32 heavy (non-hydrogen) atoms. The predicted molar refractivity (Wildman–Crippen MR) is 121 cm³/mol. The summed E-state index contributed by atoms with van der Waals surface area (Å²) in [5.41, 5.74) is 2.86. The number of aromatic hydroxyl groups is 1. The summed E-state index contributed by atoms with van der Waals surface area (Å²) >= 11 is 3.33. The summed E-state index contributed by atoms with van der Waals surface area (Å²) in [6.07, 6.45) is 0.951. The van der Waals surface area contributed by atoms with Crippen molar-refractivity contribution >= 4 is 27.6 Å². The highest BCUT2D eigenvalue weighted by atomic mass is 79.9. The standard InChI is InChI=1S/C24H24BrNO6/c1-30-14-4-5-20(31-2)15(10-14)13-7-18-23(19(27)8-13)16(11-22(28)26-18)12-6-17(25)24(29)21(9-12)32-3/h4-6,9-10,13,16,29H,7-8,11H2,1-3H3,(H,26,28)/t13-,16-/m1/s1. The molecule has 1 aliphatic heterocycles. The molecule has 2 N–H and O–H groups in total. The summed E-state index contributed by atoms with van der Waals surface area (Å²) in [6.45, 7) is 0. The number of phenolic OH excluding ortho intramolecular Hbond substituents is 1. The van der Waals surface area contributed by atoms with E-state index in [1.165, 1.54) is 7.11 Å². The summed E-state index contributed by atoms with van der Waals surface area (Å²) < 4.78 is 16.6. The summed E-state index contributed by atoms with van der Waals surface area (Å²) in [6, 6.07) is 8.93. The monoisotopic (exact) mass is 501 g/mol. The van der Waals surface area contributed by atoms with Crippen LogP contribution in [0.1, 0.15) is 42.2 Å². The Balaban J connectivity index is 1.76. The molecule has 1 amide bonds. The number of hydrogen-bond acceptors (Lipinski definition) is 6. The fraction of sp³-hybridized carbons (Fsp3) is 0.333.